The zero-order chi connectivity index (χ0) is 14.2. The zero-order valence-electron chi connectivity index (χ0n) is 13.9. The van der Waals surface area contributed by atoms with Crippen molar-refractivity contribution < 1.29 is 4.74 Å². The smallest absolute Gasteiger partial charge is 0.0647 e. The maximum Gasteiger partial charge on any atom is 0.0647 e. The lowest BCUT2D eigenvalue weighted by atomic mass is 9.64. The molecule has 1 aliphatic heterocycles. The van der Waals surface area contributed by atoms with Gasteiger partial charge in [0.2, 0.25) is 0 Å². The van der Waals surface area contributed by atoms with Crippen LogP contribution in [0.4, 0.5) is 0 Å². The van der Waals surface area contributed by atoms with Crippen molar-refractivity contribution in [2.75, 3.05) is 0 Å². The molecule has 0 aromatic heterocycles. The fourth-order valence-corrected chi connectivity index (χ4v) is 6.04. The standard InChI is InChI=1S/C18H32O/c1-11-17(4,5)13-9-8-12-10-16(2,3)19-15(12)14(13)18(11,6)7/h11-15H,8-10H2,1-7H3/t11?,12-,13+,14+,15+/m0/s1. The van der Waals surface area contributed by atoms with Crippen molar-refractivity contribution >= 4 is 0 Å². The maximum absolute atomic E-state index is 6.54. The molecule has 0 radical (unpaired) electrons. The first kappa shape index (κ1) is 13.9. The molecule has 0 N–H and O–H groups in total. The summed E-state index contributed by atoms with van der Waals surface area (Å²) in [5, 5.41) is 0. The first-order valence-electron chi connectivity index (χ1n) is 8.25. The fourth-order valence-electron chi connectivity index (χ4n) is 6.04. The molecular weight excluding hydrogens is 232 g/mol. The predicted octanol–water partition coefficient (Wildman–Crippen LogP) is 4.90. The highest BCUT2D eigenvalue weighted by Gasteiger charge is 2.64. The van der Waals surface area contributed by atoms with E-state index in [4.69, 9.17) is 4.74 Å². The Balaban J connectivity index is 1.99. The molecule has 2 saturated carbocycles. The molecule has 0 aromatic rings. The van der Waals surface area contributed by atoms with Crippen molar-refractivity contribution in [1.82, 2.24) is 0 Å². The van der Waals surface area contributed by atoms with E-state index in [0.717, 1.165) is 23.7 Å². The Morgan fingerprint density at radius 1 is 0.895 bits per heavy atom. The molecule has 0 bridgehead atoms. The minimum Gasteiger partial charge on any atom is -0.372 e. The number of hydrogen-bond acceptors (Lipinski definition) is 1. The molecule has 1 nitrogen and oxygen atoms in total. The molecule has 1 heteroatoms. The van der Waals surface area contributed by atoms with Gasteiger partial charge in [-0.15, -0.1) is 0 Å². The van der Waals surface area contributed by atoms with Gasteiger partial charge in [-0.25, -0.2) is 0 Å². The quantitative estimate of drug-likeness (QED) is 0.605. The Kier molecular flexibility index (Phi) is 2.77. The van der Waals surface area contributed by atoms with E-state index in [0.29, 0.717) is 16.9 Å². The second kappa shape index (κ2) is 3.78. The van der Waals surface area contributed by atoms with Crippen LogP contribution >= 0.6 is 0 Å². The Labute approximate surface area is 119 Å². The first-order chi connectivity index (χ1) is 8.57. The minimum absolute atomic E-state index is 0.107. The van der Waals surface area contributed by atoms with E-state index in [9.17, 15) is 0 Å². The van der Waals surface area contributed by atoms with Gasteiger partial charge in [0, 0.05) is 0 Å². The largest absolute Gasteiger partial charge is 0.372 e. The molecule has 1 heterocycles. The van der Waals surface area contributed by atoms with E-state index >= 15 is 0 Å². The zero-order valence-corrected chi connectivity index (χ0v) is 13.9. The lowest BCUT2D eigenvalue weighted by Crippen LogP contribution is -2.42. The van der Waals surface area contributed by atoms with Crippen LogP contribution in [0.2, 0.25) is 0 Å². The fraction of sp³-hybridized carbons (Fsp3) is 1.00. The van der Waals surface area contributed by atoms with Crippen LogP contribution in [-0.4, -0.2) is 11.7 Å². The molecule has 2 aliphatic carbocycles. The van der Waals surface area contributed by atoms with Crippen LogP contribution in [0.3, 0.4) is 0 Å². The summed E-state index contributed by atoms with van der Waals surface area (Å²) in [6, 6.07) is 0. The topological polar surface area (TPSA) is 9.23 Å². The van der Waals surface area contributed by atoms with Crippen molar-refractivity contribution in [3.05, 3.63) is 0 Å². The molecule has 19 heavy (non-hydrogen) atoms. The average molecular weight is 264 g/mol. The summed E-state index contributed by atoms with van der Waals surface area (Å²) >= 11 is 0. The van der Waals surface area contributed by atoms with E-state index in [-0.39, 0.29) is 5.60 Å². The molecule has 0 amide bonds. The Morgan fingerprint density at radius 2 is 1.53 bits per heavy atom. The summed E-state index contributed by atoms with van der Waals surface area (Å²) in [6.07, 6.45) is 4.60. The van der Waals surface area contributed by atoms with Gasteiger partial charge in [-0.2, -0.15) is 0 Å². The van der Waals surface area contributed by atoms with Crippen LogP contribution in [-0.2, 0) is 4.74 Å². The molecule has 1 saturated heterocycles. The summed E-state index contributed by atoms with van der Waals surface area (Å²) in [7, 11) is 0. The van der Waals surface area contributed by atoms with E-state index in [1.165, 1.54) is 19.3 Å². The lowest BCUT2D eigenvalue weighted by molar-refractivity contribution is -0.0952. The molecule has 0 spiro atoms. The SMILES string of the molecule is CC1C(C)(C)[C@H]2[C@@H]3OC(C)(C)C[C@@H]3CC[C@H]2C1(C)C. The summed E-state index contributed by atoms with van der Waals surface area (Å²) in [6.45, 7) is 17.1. The second-order valence-electron chi connectivity index (χ2n) is 9.38. The molecular formula is C18H32O. The Hall–Kier alpha value is -0.0400. The van der Waals surface area contributed by atoms with E-state index in [1.54, 1.807) is 0 Å². The highest BCUT2D eigenvalue weighted by Crippen LogP contribution is 2.67. The molecule has 1 unspecified atom stereocenters. The Morgan fingerprint density at radius 3 is 2.16 bits per heavy atom. The van der Waals surface area contributed by atoms with Crippen LogP contribution in [0.15, 0.2) is 0 Å². The number of fused-ring (bicyclic) bond motifs is 3. The van der Waals surface area contributed by atoms with Crippen molar-refractivity contribution in [3.8, 4) is 0 Å². The minimum atomic E-state index is 0.107. The van der Waals surface area contributed by atoms with E-state index in [1.807, 2.05) is 0 Å². The molecule has 5 atom stereocenters. The normalized spacial score (nSPS) is 49.7. The van der Waals surface area contributed by atoms with E-state index < -0.39 is 0 Å². The van der Waals surface area contributed by atoms with Gasteiger partial charge in [-0.1, -0.05) is 34.6 Å². The predicted molar refractivity (Wildman–Crippen MR) is 80.0 cm³/mol. The third kappa shape index (κ3) is 1.76. The van der Waals surface area contributed by atoms with Crippen molar-refractivity contribution in [1.29, 1.82) is 0 Å². The first-order valence-corrected chi connectivity index (χ1v) is 8.25. The molecule has 3 rings (SSSR count). The van der Waals surface area contributed by atoms with Gasteiger partial charge in [0.1, 0.15) is 0 Å². The molecule has 3 fully saturated rings. The summed E-state index contributed by atoms with van der Waals surface area (Å²) < 4.78 is 6.54. The highest BCUT2D eigenvalue weighted by molar-refractivity contribution is 5.12. The monoisotopic (exact) mass is 264 g/mol. The van der Waals surface area contributed by atoms with Gasteiger partial charge in [0.15, 0.2) is 0 Å². The van der Waals surface area contributed by atoms with Crippen LogP contribution in [0.1, 0.15) is 67.7 Å². The summed E-state index contributed by atoms with van der Waals surface area (Å²) in [5.74, 6) is 3.21. The third-order valence-corrected chi connectivity index (χ3v) is 7.36. The highest BCUT2D eigenvalue weighted by atomic mass is 16.5. The van der Waals surface area contributed by atoms with Crippen molar-refractivity contribution in [3.63, 3.8) is 0 Å². The van der Waals surface area contributed by atoms with Gasteiger partial charge in [-0.05, 0) is 67.6 Å². The van der Waals surface area contributed by atoms with Crippen LogP contribution in [0.5, 0.6) is 0 Å². The van der Waals surface area contributed by atoms with Crippen LogP contribution in [0, 0.1) is 34.5 Å². The number of hydrogen-bond donors (Lipinski definition) is 0. The van der Waals surface area contributed by atoms with Crippen LogP contribution < -0.4 is 0 Å². The van der Waals surface area contributed by atoms with Crippen molar-refractivity contribution in [2.45, 2.75) is 79.4 Å². The number of ether oxygens (including phenoxy) is 1. The lowest BCUT2D eigenvalue weighted by Gasteiger charge is -2.43. The summed E-state index contributed by atoms with van der Waals surface area (Å²) in [4.78, 5) is 0. The number of rotatable bonds is 0. The van der Waals surface area contributed by atoms with E-state index in [2.05, 4.69) is 48.5 Å². The molecule has 110 valence electrons. The van der Waals surface area contributed by atoms with Gasteiger partial charge >= 0.3 is 0 Å². The molecule has 3 aliphatic rings. The molecule has 0 aromatic carbocycles. The van der Waals surface area contributed by atoms with Crippen molar-refractivity contribution in [2.24, 2.45) is 34.5 Å². The third-order valence-electron chi connectivity index (χ3n) is 7.36. The van der Waals surface area contributed by atoms with Gasteiger partial charge < -0.3 is 4.74 Å². The maximum atomic E-state index is 6.54. The van der Waals surface area contributed by atoms with Gasteiger partial charge in [0.05, 0.1) is 11.7 Å². The Bertz CT molecular complexity index is 379. The van der Waals surface area contributed by atoms with Crippen LogP contribution in [0.25, 0.3) is 0 Å². The average Bonchev–Trinajstić information content (AvgIpc) is 2.65. The second-order valence-corrected chi connectivity index (χ2v) is 9.38. The van der Waals surface area contributed by atoms with Gasteiger partial charge in [0.25, 0.3) is 0 Å². The van der Waals surface area contributed by atoms with Gasteiger partial charge in [-0.3, -0.25) is 0 Å². The summed E-state index contributed by atoms with van der Waals surface area (Å²) in [5.41, 5.74) is 0.990.